The van der Waals surface area contributed by atoms with Crippen LogP contribution in [0.5, 0.6) is 0 Å². The molecule has 4 aromatic rings. The average molecular weight is 636 g/mol. The SMILES string of the molecule is C=S(=O)(c1ccc(-c2cc3cnc(Nc4ccc(C5CN(C)CCS5)cc4)nc3n(C(C)C)c2=O)c(F)c1)C1CCOCC1. The van der Waals surface area contributed by atoms with Gasteiger partial charge in [-0.2, -0.15) is 16.7 Å². The minimum atomic E-state index is -2.72. The number of ether oxygens (including phenoxy) is 1. The molecule has 2 aromatic heterocycles. The number of likely N-dealkylation sites (N-methyl/N-ethyl adjacent to an activating group) is 1. The summed E-state index contributed by atoms with van der Waals surface area (Å²) in [7, 11) is -0.569. The molecule has 2 aliphatic heterocycles. The van der Waals surface area contributed by atoms with Crippen molar-refractivity contribution in [2.75, 3.05) is 44.4 Å². The number of hydrogen-bond donors (Lipinski definition) is 1. The second-order valence-electron chi connectivity index (χ2n) is 11.8. The van der Waals surface area contributed by atoms with Crippen molar-refractivity contribution < 1.29 is 13.3 Å². The Balaban J connectivity index is 1.30. The van der Waals surface area contributed by atoms with Gasteiger partial charge < -0.3 is 15.0 Å². The van der Waals surface area contributed by atoms with E-state index < -0.39 is 15.3 Å². The number of pyridine rings is 1. The Bertz CT molecular complexity index is 1840. The van der Waals surface area contributed by atoms with E-state index in [0.29, 0.717) is 53.2 Å². The van der Waals surface area contributed by atoms with Crippen LogP contribution in [0.25, 0.3) is 22.2 Å². The summed E-state index contributed by atoms with van der Waals surface area (Å²) < 4.78 is 36.2. The standard InChI is InChI=1S/C33H38FN5O3S2/c1-21(2)39-31-23(19-35-33(37-31)36-24-7-5-22(6-8-24)30-20-38(3)13-16-43-30)17-28(32(39)40)27-10-9-26(18-29(27)34)44(4,41)25-11-14-42-15-12-25/h5-10,17-19,21,25,30H,4,11-16,20H2,1-3H3,(H,35,36,37). The predicted molar refractivity (Wildman–Crippen MR) is 179 cm³/mol. The van der Waals surface area contributed by atoms with E-state index in [2.05, 4.69) is 40.3 Å². The highest BCUT2D eigenvalue weighted by atomic mass is 32.2. The number of anilines is 2. The van der Waals surface area contributed by atoms with Crippen molar-refractivity contribution in [2.45, 2.75) is 48.1 Å². The number of aromatic nitrogens is 3. The Morgan fingerprint density at radius 2 is 1.86 bits per heavy atom. The van der Waals surface area contributed by atoms with E-state index in [4.69, 9.17) is 9.72 Å². The molecule has 4 heterocycles. The fourth-order valence-electron chi connectivity index (χ4n) is 5.92. The van der Waals surface area contributed by atoms with E-state index in [-0.39, 0.29) is 28.0 Å². The third-order valence-corrected chi connectivity index (χ3v) is 12.3. The molecule has 2 atom stereocenters. The number of nitrogens with one attached hydrogen (secondary N) is 1. The highest BCUT2D eigenvalue weighted by Crippen LogP contribution is 2.34. The minimum absolute atomic E-state index is 0.141. The molecule has 2 saturated heterocycles. The third-order valence-electron chi connectivity index (χ3n) is 8.43. The highest BCUT2D eigenvalue weighted by Gasteiger charge is 2.26. The number of hydrogen-bond acceptors (Lipinski definition) is 8. The van der Waals surface area contributed by atoms with E-state index in [1.165, 1.54) is 17.7 Å². The van der Waals surface area contributed by atoms with Crippen molar-refractivity contribution >= 4 is 49.8 Å². The van der Waals surface area contributed by atoms with Crippen LogP contribution in [-0.4, -0.2) is 73.9 Å². The first-order valence-electron chi connectivity index (χ1n) is 14.9. The molecule has 232 valence electrons. The molecule has 44 heavy (non-hydrogen) atoms. The quantitative estimate of drug-likeness (QED) is 0.252. The average Bonchev–Trinajstić information content (AvgIpc) is 3.01. The zero-order valence-electron chi connectivity index (χ0n) is 25.3. The second kappa shape index (κ2) is 12.6. The van der Waals surface area contributed by atoms with Gasteiger partial charge in [0.1, 0.15) is 11.5 Å². The highest BCUT2D eigenvalue weighted by molar-refractivity contribution is 8.01. The van der Waals surface area contributed by atoms with Crippen molar-refractivity contribution in [2.24, 2.45) is 0 Å². The monoisotopic (exact) mass is 635 g/mol. The summed E-state index contributed by atoms with van der Waals surface area (Å²) in [5, 5.41) is 4.16. The predicted octanol–water partition coefficient (Wildman–Crippen LogP) is 5.90. The van der Waals surface area contributed by atoms with Gasteiger partial charge >= 0.3 is 0 Å². The van der Waals surface area contributed by atoms with E-state index in [1.54, 1.807) is 22.9 Å². The normalized spacial score (nSPS) is 19.7. The van der Waals surface area contributed by atoms with E-state index in [0.717, 1.165) is 24.5 Å². The van der Waals surface area contributed by atoms with Gasteiger partial charge in [0.15, 0.2) is 0 Å². The van der Waals surface area contributed by atoms with Crippen molar-refractivity contribution in [3.8, 4) is 11.1 Å². The lowest BCUT2D eigenvalue weighted by atomic mass is 10.0. The van der Waals surface area contributed by atoms with Gasteiger partial charge in [0.25, 0.3) is 5.56 Å². The maximum absolute atomic E-state index is 15.6. The third kappa shape index (κ3) is 6.15. The topological polar surface area (TPSA) is 89.4 Å². The van der Waals surface area contributed by atoms with Crippen LogP contribution in [0.2, 0.25) is 0 Å². The Hall–Kier alpha value is -3.25. The molecule has 2 aromatic carbocycles. The number of benzene rings is 2. The molecule has 8 nitrogen and oxygen atoms in total. The van der Waals surface area contributed by atoms with Gasteiger partial charge in [-0.3, -0.25) is 13.6 Å². The van der Waals surface area contributed by atoms with Gasteiger partial charge in [-0.15, -0.1) is 0 Å². The zero-order chi connectivity index (χ0) is 31.0. The van der Waals surface area contributed by atoms with Crippen LogP contribution in [0, 0.1) is 5.82 Å². The van der Waals surface area contributed by atoms with Gasteiger partial charge in [0, 0.05) is 76.3 Å². The van der Waals surface area contributed by atoms with Crippen LogP contribution < -0.4 is 10.9 Å². The second-order valence-corrected chi connectivity index (χ2v) is 15.7. The maximum Gasteiger partial charge on any atom is 0.260 e. The van der Waals surface area contributed by atoms with Crippen molar-refractivity contribution in [1.29, 1.82) is 0 Å². The van der Waals surface area contributed by atoms with Gasteiger partial charge in [-0.1, -0.05) is 18.2 Å². The molecule has 0 radical (unpaired) electrons. The minimum Gasteiger partial charge on any atom is -0.381 e. The largest absolute Gasteiger partial charge is 0.381 e. The molecule has 0 spiro atoms. The Morgan fingerprint density at radius 1 is 1.11 bits per heavy atom. The summed E-state index contributed by atoms with van der Waals surface area (Å²) in [6.07, 6.45) is 2.89. The van der Waals surface area contributed by atoms with Crippen LogP contribution in [0.1, 0.15) is 43.5 Å². The molecule has 2 unspecified atom stereocenters. The number of rotatable bonds is 7. The van der Waals surface area contributed by atoms with Crippen molar-refractivity contribution in [1.82, 2.24) is 19.4 Å². The fraction of sp³-hybridized carbons (Fsp3) is 0.394. The van der Waals surface area contributed by atoms with Crippen LogP contribution >= 0.6 is 11.8 Å². The molecule has 0 saturated carbocycles. The molecular formula is C33H38FN5O3S2. The van der Waals surface area contributed by atoms with E-state index >= 15 is 4.39 Å². The van der Waals surface area contributed by atoms with Crippen LogP contribution in [0.4, 0.5) is 16.0 Å². The van der Waals surface area contributed by atoms with E-state index in [9.17, 15) is 9.00 Å². The van der Waals surface area contributed by atoms with Gasteiger partial charge in [0.05, 0.1) is 5.56 Å². The maximum atomic E-state index is 15.6. The molecular weight excluding hydrogens is 598 g/mol. The van der Waals surface area contributed by atoms with Crippen LogP contribution in [0.3, 0.4) is 0 Å². The number of thioether (sulfide) groups is 1. The van der Waals surface area contributed by atoms with Crippen molar-refractivity contribution in [3.05, 3.63) is 76.5 Å². The number of halogens is 1. The molecule has 11 heteroatoms. The molecule has 2 fully saturated rings. The Kier molecular flexibility index (Phi) is 8.83. The van der Waals surface area contributed by atoms with Gasteiger partial charge in [-0.05, 0) is 85.0 Å². The fourth-order valence-corrected chi connectivity index (χ4v) is 9.27. The van der Waals surface area contributed by atoms with Crippen molar-refractivity contribution in [3.63, 3.8) is 0 Å². The first kappa shape index (κ1) is 30.8. The lowest BCUT2D eigenvalue weighted by molar-refractivity contribution is 0.0991. The summed E-state index contributed by atoms with van der Waals surface area (Å²) in [5.74, 6) is 4.86. The summed E-state index contributed by atoms with van der Waals surface area (Å²) >= 11 is 1.98. The lowest BCUT2D eigenvalue weighted by Gasteiger charge is -2.29. The molecule has 6 rings (SSSR count). The first-order valence-corrected chi connectivity index (χ1v) is 17.8. The Morgan fingerprint density at radius 3 is 2.55 bits per heavy atom. The molecule has 0 bridgehead atoms. The Labute approximate surface area is 262 Å². The van der Waals surface area contributed by atoms with Crippen LogP contribution in [0.15, 0.2) is 64.4 Å². The van der Waals surface area contributed by atoms with Crippen LogP contribution in [-0.2, 0) is 14.3 Å². The first-order chi connectivity index (χ1) is 21.1. The molecule has 0 amide bonds. The van der Waals surface area contributed by atoms with Gasteiger partial charge in [0.2, 0.25) is 5.95 Å². The van der Waals surface area contributed by atoms with E-state index in [1.807, 2.05) is 37.7 Å². The number of nitrogens with zero attached hydrogens (tertiary/aromatic N) is 4. The smallest absolute Gasteiger partial charge is 0.260 e. The van der Waals surface area contributed by atoms with Gasteiger partial charge in [-0.25, -0.2) is 9.37 Å². The molecule has 1 N–H and O–H groups in total. The summed E-state index contributed by atoms with van der Waals surface area (Å²) in [6, 6.07) is 14.1. The molecule has 2 aliphatic rings. The molecule has 0 aliphatic carbocycles. The summed E-state index contributed by atoms with van der Waals surface area (Å²) in [4.78, 5) is 25.7. The number of fused-ring (bicyclic) bond motifs is 1. The summed E-state index contributed by atoms with van der Waals surface area (Å²) in [5.41, 5.74) is 2.57. The lowest BCUT2D eigenvalue weighted by Crippen LogP contribution is -2.30. The zero-order valence-corrected chi connectivity index (χ0v) is 26.9. The summed E-state index contributed by atoms with van der Waals surface area (Å²) in [6.45, 7) is 6.97.